The SMILES string of the molecule is Cc1cc(NCCOCC(C)C)cc(C)c1Br. The van der Waals surface area contributed by atoms with Crippen LogP contribution in [0.1, 0.15) is 25.0 Å². The van der Waals surface area contributed by atoms with Gasteiger partial charge in [-0.05, 0) is 43.0 Å². The topological polar surface area (TPSA) is 21.3 Å². The van der Waals surface area contributed by atoms with E-state index in [2.05, 4.69) is 61.1 Å². The molecule has 0 unspecified atom stereocenters. The van der Waals surface area contributed by atoms with Crippen molar-refractivity contribution in [3.05, 3.63) is 27.7 Å². The van der Waals surface area contributed by atoms with Gasteiger partial charge >= 0.3 is 0 Å². The van der Waals surface area contributed by atoms with Gasteiger partial charge in [0.15, 0.2) is 0 Å². The Hall–Kier alpha value is -0.540. The Kier molecular flexibility index (Phi) is 6.00. The quantitative estimate of drug-likeness (QED) is 0.797. The summed E-state index contributed by atoms with van der Waals surface area (Å²) in [5, 5.41) is 3.38. The molecule has 0 aliphatic rings. The molecule has 0 aliphatic heterocycles. The third kappa shape index (κ3) is 5.09. The van der Waals surface area contributed by atoms with Crippen LogP contribution in [0.5, 0.6) is 0 Å². The van der Waals surface area contributed by atoms with Crippen LogP contribution in [0.25, 0.3) is 0 Å². The minimum Gasteiger partial charge on any atom is -0.383 e. The van der Waals surface area contributed by atoms with Crippen LogP contribution < -0.4 is 5.32 Å². The molecule has 3 heteroatoms. The van der Waals surface area contributed by atoms with Crippen LogP contribution >= 0.6 is 15.9 Å². The Morgan fingerprint density at radius 3 is 2.35 bits per heavy atom. The van der Waals surface area contributed by atoms with Gasteiger partial charge in [-0.25, -0.2) is 0 Å². The van der Waals surface area contributed by atoms with E-state index in [0.717, 1.165) is 25.4 Å². The normalized spacial score (nSPS) is 10.9. The third-order valence-electron chi connectivity index (χ3n) is 2.46. The van der Waals surface area contributed by atoms with Crippen molar-refractivity contribution in [2.45, 2.75) is 27.7 Å². The van der Waals surface area contributed by atoms with Crippen molar-refractivity contribution >= 4 is 21.6 Å². The van der Waals surface area contributed by atoms with Gasteiger partial charge in [-0.1, -0.05) is 29.8 Å². The summed E-state index contributed by atoms with van der Waals surface area (Å²) >= 11 is 3.57. The highest BCUT2D eigenvalue weighted by atomic mass is 79.9. The highest BCUT2D eigenvalue weighted by Crippen LogP contribution is 2.24. The minimum absolute atomic E-state index is 0.604. The molecular formula is C14H22BrNO. The maximum absolute atomic E-state index is 5.53. The van der Waals surface area contributed by atoms with Crippen molar-refractivity contribution in [3.8, 4) is 0 Å². The third-order valence-corrected chi connectivity index (χ3v) is 3.71. The number of anilines is 1. The fraction of sp³-hybridized carbons (Fsp3) is 0.571. The number of benzene rings is 1. The molecule has 0 spiro atoms. The van der Waals surface area contributed by atoms with Crippen molar-refractivity contribution in [2.75, 3.05) is 25.1 Å². The van der Waals surface area contributed by atoms with Crippen molar-refractivity contribution < 1.29 is 4.74 Å². The minimum atomic E-state index is 0.604. The second-order valence-electron chi connectivity index (χ2n) is 4.82. The standard InChI is InChI=1S/C14H22BrNO/c1-10(2)9-17-6-5-16-13-7-11(3)14(15)12(4)8-13/h7-8,10,16H,5-6,9H2,1-4H3. The number of ether oxygens (including phenoxy) is 1. The molecule has 96 valence electrons. The van der Waals surface area contributed by atoms with Gasteiger partial charge in [-0.15, -0.1) is 0 Å². The number of hydrogen-bond donors (Lipinski definition) is 1. The molecule has 1 aromatic rings. The summed E-state index contributed by atoms with van der Waals surface area (Å²) in [6.45, 7) is 11.0. The molecule has 0 atom stereocenters. The van der Waals surface area contributed by atoms with Crippen LogP contribution in [0.15, 0.2) is 16.6 Å². The molecule has 0 bridgehead atoms. The summed E-state index contributed by atoms with van der Waals surface area (Å²) < 4.78 is 6.72. The monoisotopic (exact) mass is 299 g/mol. The lowest BCUT2D eigenvalue weighted by molar-refractivity contribution is 0.118. The van der Waals surface area contributed by atoms with E-state index in [4.69, 9.17) is 4.74 Å². The number of hydrogen-bond acceptors (Lipinski definition) is 2. The summed E-state index contributed by atoms with van der Waals surface area (Å²) in [5.74, 6) is 0.604. The summed E-state index contributed by atoms with van der Waals surface area (Å²) in [7, 11) is 0. The van der Waals surface area contributed by atoms with Crippen LogP contribution in [0.3, 0.4) is 0 Å². The zero-order valence-electron chi connectivity index (χ0n) is 11.1. The zero-order chi connectivity index (χ0) is 12.8. The Labute approximate surface area is 113 Å². The van der Waals surface area contributed by atoms with Gasteiger partial charge in [-0.2, -0.15) is 0 Å². The summed E-state index contributed by atoms with van der Waals surface area (Å²) in [4.78, 5) is 0. The lowest BCUT2D eigenvalue weighted by Gasteiger charge is -2.11. The van der Waals surface area contributed by atoms with Crippen LogP contribution in [-0.4, -0.2) is 19.8 Å². The van der Waals surface area contributed by atoms with E-state index in [1.807, 2.05) is 0 Å². The van der Waals surface area contributed by atoms with Crippen molar-refractivity contribution in [2.24, 2.45) is 5.92 Å². The number of rotatable bonds is 6. The molecule has 0 aliphatic carbocycles. The van der Waals surface area contributed by atoms with Gasteiger partial charge in [0.2, 0.25) is 0 Å². The molecule has 0 heterocycles. The van der Waals surface area contributed by atoms with Gasteiger partial charge in [0, 0.05) is 23.3 Å². The smallest absolute Gasteiger partial charge is 0.0639 e. The van der Waals surface area contributed by atoms with Gasteiger partial charge in [0.05, 0.1) is 6.61 Å². The van der Waals surface area contributed by atoms with Gasteiger partial charge in [0.1, 0.15) is 0 Å². The lowest BCUT2D eigenvalue weighted by Crippen LogP contribution is -2.12. The summed E-state index contributed by atoms with van der Waals surface area (Å²) in [6, 6.07) is 4.30. The average Bonchev–Trinajstić information content (AvgIpc) is 2.25. The van der Waals surface area contributed by atoms with Crippen molar-refractivity contribution in [1.29, 1.82) is 0 Å². The van der Waals surface area contributed by atoms with Gasteiger partial charge in [0.25, 0.3) is 0 Å². The summed E-state index contributed by atoms with van der Waals surface area (Å²) in [5.41, 5.74) is 3.68. The van der Waals surface area contributed by atoms with Crippen molar-refractivity contribution in [3.63, 3.8) is 0 Å². The predicted molar refractivity (Wildman–Crippen MR) is 77.8 cm³/mol. The second kappa shape index (κ2) is 7.02. The molecule has 17 heavy (non-hydrogen) atoms. The largest absolute Gasteiger partial charge is 0.383 e. The first kappa shape index (κ1) is 14.5. The van der Waals surface area contributed by atoms with Gasteiger partial charge in [-0.3, -0.25) is 0 Å². The Morgan fingerprint density at radius 2 is 1.82 bits per heavy atom. The lowest BCUT2D eigenvalue weighted by atomic mass is 10.1. The second-order valence-corrected chi connectivity index (χ2v) is 5.61. The van der Waals surface area contributed by atoms with E-state index in [-0.39, 0.29) is 0 Å². The summed E-state index contributed by atoms with van der Waals surface area (Å²) in [6.07, 6.45) is 0. The molecular weight excluding hydrogens is 278 g/mol. The molecule has 1 rings (SSSR count). The highest BCUT2D eigenvalue weighted by Gasteiger charge is 2.01. The fourth-order valence-corrected chi connectivity index (χ4v) is 1.86. The molecule has 0 aromatic heterocycles. The van der Waals surface area contributed by atoms with E-state index < -0.39 is 0 Å². The average molecular weight is 300 g/mol. The van der Waals surface area contributed by atoms with Crippen LogP contribution in [0, 0.1) is 19.8 Å². The molecule has 1 N–H and O–H groups in total. The van der Waals surface area contributed by atoms with E-state index in [9.17, 15) is 0 Å². The Morgan fingerprint density at radius 1 is 1.24 bits per heavy atom. The van der Waals surface area contributed by atoms with E-state index in [1.165, 1.54) is 15.6 Å². The Balaban J connectivity index is 2.37. The molecule has 1 aromatic carbocycles. The van der Waals surface area contributed by atoms with Crippen molar-refractivity contribution in [1.82, 2.24) is 0 Å². The molecule has 0 saturated heterocycles. The first-order valence-corrected chi connectivity index (χ1v) is 6.88. The molecule has 0 radical (unpaired) electrons. The van der Waals surface area contributed by atoms with E-state index in [1.54, 1.807) is 0 Å². The molecule has 2 nitrogen and oxygen atoms in total. The molecule has 0 saturated carbocycles. The highest BCUT2D eigenvalue weighted by molar-refractivity contribution is 9.10. The molecule has 0 amide bonds. The zero-order valence-corrected chi connectivity index (χ0v) is 12.7. The van der Waals surface area contributed by atoms with Crippen LogP contribution in [-0.2, 0) is 4.74 Å². The maximum Gasteiger partial charge on any atom is 0.0639 e. The molecule has 0 fully saturated rings. The maximum atomic E-state index is 5.53. The number of nitrogens with one attached hydrogen (secondary N) is 1. The van der Waals surface area contributed by atoms with Crippen LogP contribution in [0.4, 0.5) is 5.69 Å². The van der Waals surface area contributed by atoms with Gasteiger partial charge < -0.3 is 10.1 Å². The van der Waals surface area contributed by atoms with E-state index in [0.29, 0.717) is 5.92 Å². The number of halogens is 1. The van der Waals surface area contributed by atoms with E-state index >= 15 is 0 Å². The Bertz CT molecular complexity index is 340. The predicted octanol–water partition coefficient (Wildman–Crippen LogP) is 4.15. The number of aryl methyl sites for hydroxylation is 2. The first-order chi connectivity index (χ1) is 8.00. The fourth-order valence-electron chi connectivity index (χ4n) is 1.63. The first-order valence-electron chi connectivity index (χ1n) is 6.09. The van der Waals surface area contributed by atoms with Crippen LogP contribution in [0.2, 0.25) is 0 Å².